The maximum Gasteiger partial charge on any atom is 0.514 e. The largest absolute Gasteiger partial charge is 0.514 e. The molecule has 6 heteroatoms. The number of hydrogen-bond acceptors (Lipinski definition) is 6. The first-order valence-corrected chi connectivity index (χ1v) is 14.1. The maximum absolute atomic E-state index is 12.1. The second-order valence-electron chi connectivity index (χ2n) is 11.4. The predicted molar refractivity (Wildman–Crippen MR) is 158 cm³/mol. The Balaban J connectivity index is 1.82. The van der Waals surface area contributed by atoms with Crippen molar-refractivity contribution < 1.29 is 28.8 Å². The summed E-state index contributed by atoms with van der Waals surface area (Å²) >= 11 is 0. The van der Waals surface area contributed by atoms with Gasteiger partial charge >= 0.3 is 6.16 Å². The molecule has 0 aliphatic carbocycles. The highest BCUT2D eigenvalue weighted by molar-refractivity contribution is 5.64. The van der Waals surface area contributed by atoms with E-state index in [0.29, 0.717) is 11.7 Å². The molecule has 0 amide bonds. The van der Waals surface area contributed by atoms with Gasteiger partial charge in [0.25, 0.3) is 0 Å². The van der Waals surface area contributed by atoms with Crippen LogP contribution in [0.4, 0.5) is 4.79 Å². The molecule has 0 spiro atoms. The van der Waals surface area contributed by atoms with E-state index in [1.807, 2.05) is 76.2 Å². The number of phenolic OH excluding ortho intramolecular Hbond substituents is 1. The van der Waals surface area contributed by atoms with Crippen LogP contribution in [-0.4, -0.2) is 30.3 Å². The summed E-state index contributed by atoms with van der Waals surface area (Å²) in [6.07, 6.45) is 1.87. The van der Waals surface area contributed by atoms with Gasteiger partial charge in [-0.25, -0.2) is 4.79 Å². The van der Waals surface area contributed by atoms with E-state index >= 15 is 0 Å². The quantitative estimate of drug-likeness (QED) is 0.138. The van der Waals surface area contributed by atoms with Crippen molar-refractivity contribution in [1.82, 2.24) is 0 Å². The zero-order chi connectivity index (χ0) is 29.3. The number of hydrogen-bond donors (Lipinski definition) is 1. The van der Waals surface area contributed by atoms with Gasteiger partial charge in [-0.2, -0.15) is 0 Å². The van der Waals surface area contributed by atoms with Crippen LogP contribution in [0, 0.1) is 0 Å². The molecule has 3 rings (SSSR count). The molecule has 4 unspecified atom stereocenters. The van der Waals surface area contributed by atoms with Crippen molar-refractivity contribution in [3.63, 3.8) is 0 Å². The van der Waals surface area contributed by atoms with Crippen LogP contribution in [-0.2, 0) is 9.47 Å². The molecule has 0 radical (unpaired) electrons. The Kier molecular flexibility index (Phi) is 11.0. The van der Waals surface area contributed by atoms with Gasteiger partial charge < -0.3 is 24.1 Å². The SMILES string of the molecule is CCC(CC(CC(C)c1ccc(O)cc1)c1ccc(OC(=O)OC(C)(C)C)cc1)c1ccc(OC(C)OC)cc1. The molecular weight excluding hydrogens is 504 g/mol. The van der Waals surface area contributed by atoms with E-state index in [4.69, 9.17) is 18.9 Å². The van der Waals surface area contributed by atoms with Crippen LogP contribution in [0.25, 0.3) is 0 Å². The van der Waals surface area contributed by atoms with Gasteiger partial charge in [-0.3, -0.25) is 0 Å². The van der Waals surface area contributed by atoms with Crippen molar-refractivity contribution in [3.8, 4) is 17.2 Å². The molecular formula is C34H44O6. The summed E-state index contributed by atoms with van der Waals surface area (Å²) in [6, 6.07) is 23.5. The lowest BCUT2D eigenvalue weighted by atomic mass is 9.78. The summed E-state index contributed by atoms with van der Waals surface area (Å²) in [6.45, 7) is 11.7. The zero-order valence-corrected chi connectivity index (χ0v) is 24.8. The first-order valence-electron chi connectivity index (χ1n) is 14.1. The summed E-state index contributed by atoms with van der Waals surface area (Å²) < 4.78 is 21.7. The average Bonchev–Trinajstić information content (AvgIpc) is 2.91. The molecule has 0 aliphatic heterocycles. The highest BCUT2D eigenvalue weighted by atomic mass is 16.7. The van der Waals surface area contributed by atoms with Crippen molar-refractivity contribution in [1.29, 1.82) is 0 Å². The third-order valence-corrected chi connectivity index (χ3v) is 7.09. The molecule has 0 heterocycles. The van der Waals surface area contributed by atoms with Crippen molar-refractivity contribution in [2.75, 3.05) is 7.11 Å². The fraction of sp³-hybridized carbons (Fsp3) is 0.441. The van der Waals surface area contributed by atoms with Gasteiger partial charge in [0.15, 0.2) is 6.29 Å². The lowest BCUT2D eigenvalue weighted by molar-refractivity contribution is -0.0382. The van der Waals surface area contributed by atoms with Crippen molar-refractivity contribution in [2.45, 2.75) is 90.4 Å². The minimum absolute atomic E-state index is 0.258. The van der Waals surface area contributed by atoms with Crippen molar-refractivity contribution in [3.05, 3.63) is 89.5 Å². The Hall–Kier alpha value is -3.51. The fourth-order valence-corrected chi connectivity index (χ4v) is 4.85. The smallest absolute Gasteiger partial charge is 0.508 e. The number of ether oxygens (including phenoxy) is 4. The van der Waals surface area contributed by atoms with Gasteiger partial charge in [-0.1, -0.05) is 50.2 Å². The minimum Gasteiger partial charge on any atom is -0.508 e. The molecule has 0 aliphatic rings. The highest BCUT2D eigenvalue weighted by Crippen LogP contribution is 2.39. The molecule has 0 fully saturated rings. The second-order valence-corrected chi connectivity index (χ2v) is 11.4. The van der Waals surface area contributed by atoms with Crippen molar-refractivity contribution >= 4 is 6.16 Å². The first-order chi connectivity index (χ1) is 19.0. The Bertz CT molecular complexity index is 1180. The Morgan fingerprint density at radius 3 is 1.82 bits per heavy atom. The third kappa shape index (κ3) is 9.60. The normalized spacial score (nSPS) is 14.6. The average molecular weight is 549 g/mol. The monoisotopic (exact) mass is 548 g/mol. The molecule has 0 saturated heterocycles. The number of aromatic hydroxyl groups is 1. The molecule has 216 valence electrons. The van der Waals surface area contributed by atoms with Gasteiger partial charge in [0.05, 0.1) is 0 Å². The minimum atomic E-state index is -0.712. The molecule has 3 aromatic carbocycles. The summed E-state index contributed by atoms with van der Waals surface area (Å²) in [7, 11) is 1.63. The van der Waals surface area contributed by atoms with Crippen LogP contribution in [0.2, 0.25) is 0 Å². The molecule has 40 heavy (non-hydrogen) atoms. The summed E-state index contributed by atoms with van der Waals surface area (Å²) in [5, 5.41) is 9.75. The second kappa shape index (κ2) is 14.2. The van der Waals surface area contributed by atoms with E-state index in [9.17, 15) is 9.90 Å². The third-order valence-electron chi connectivity index (χ3n) is 7.09. The molecule has 6 nitrogen and oxygen atoms in total. The molecule has 0 saturated carbocycles. The number of benzene rings is 3. The van der Waals surface area contributed by atoms with E-state index in [1.165, 1.54) is 16.7 Å². The number of carbonyl (C=O) groups is 1. The van der Waals surface area contributed by atoms with Crippen LogP contribution in [0.3, 0.4) is 0 Å². The van der Waals surface area contributed by atoms with Gasteiger partial charge in [-0.15, -0.1) is 0 Å². The van der Waals surface area contributed by atoms with Gasteiger partial charge in [0.1, 0.15) is 22.8 Å². The highest BCUT2D eigenvalue weighted by Gasteiger charge is 2.23. The zero-order valence-electron chi connectivity index (χ0n) is 24.8. The van der Waals surface area contributed by atoms with Gasteiger partial charge in [-0.05, 0) is 118 Å². The fourth-order valence-electron chi connectivity index (χ4n) is 4.85. The number of carbonyl (C=O) groups excluding carboxylic acids is 1. The van der Waals surface area contributed by atoms with Crippen LogP contribution < -0.4 is 9.47 Å². The topological polar surface area (TPSA) is 74.2 Å². The summed E-state index contributed by atoms with van der Waals surface area (Å²) in [4.78, 5) is 12.1. The van der Waals surface area contributed by atoms with Crippen LogP contribution in [0.1, 0.15) is 95.2 Å². The number of methoxy groups -OCH3 is 1. The predicted octanol–water partition coefficient (Wildman–Crippen LogP) is 8.94. The molecule has 0 bridgehead atoms. The van der Waals surface area contributed by atoms with E-state index in [-0.39, 0.29) is 23.9 Å². The lowest BCUT2D eigenvalue weighted by Gasteiger charge is -2.27. The van der Waals surface area contributed by atoms with Crippen LogP contribution in [0.15, 0.2) is 72.8 Å². The molecule has 1 N–H and O–H groups in total. The summed E-state index contributed by atoms with van der Waals surface area (Å²) in [5.41, 5.74) is 3.03. The van der Waals surface area contributed by atoms with E-state index in [1.54, 1.807) is 19.2 Å². The molecule has 3 aromatic rings. The lowest BCUT2D eigenvalue weighted by Crippen LogP contribution is -2.25. The molecule has 4 atom stereocenters. The maximum atomic E-state index is 12.1. The van der Waals surface area contributed by atoms with Gasteiger partial charge in [0.2, 0.25) is 0 Å². The van der Waals surface area contributed by atoms with E-state index < -0.39 is 11.8 Å². The Labute approximate surface area is 239 Å². The number of phenols is 1. The summed E-state index contributed by atoms with van der Waals surface area (Å²) in [5.74, 6) is 2.40. The van der Waals surface area contributed by atoms with E-state index in [2.05, 4.69) is 26.0 Å². The number of rotatable bonds is 12. The van der Waals surface area contributed by atoms with Crippen LogP contribution in [0.5, 0.6) is 17.2 Å². The Morgan fingerprint density at radius 2 is 1.30 bits per heavy atom. The van der Waals surface area contributed by atoms with Crippen molar-refractivity contribution in [2.24, 2.45) is 0 Å². The van der Waals surface area contributed by atoms with Crippen LogP contribution >= 0.6 is 0 Å². The van der Waals surface area contributed by atoms with E-state index in [0.717, 1.165) is 25.0 Å². The first kappa shape index (κ1) is 31.0. The molecule has 0 aromatic heterocycles. The standard InChI is InChI=1S/C34H44O6/c1-8-25(27-11-17-31(18-12-27)38-24(3)37-7)22-29(21-23(2)26-9-15-30(35)16-10-26)28-13-19-32(20-14-28)39-33(36)40-34(4,5)6/h9-20,23-25,29,35H,8,21-22H2,1-7H3. The Morgan fingerprint density at radius 1 is 0.775 bits per heavy atom. The van der Waals surface area contributed by atoms with Gasteiger partial charge in [0, 0.05) is 7.11 Å².